The zero-order valence-corrected chi connectivity index (χ0v) is 13.7. The summed E-state index contributed by atoms with van der Waals surface area (Å²) in [5.74, 6) is 3.93. The first-order valence-electron chi connectivity index (χ1n) is 6.87. The van der Waals surface area contributed by atoms with Crippen molar-refractivity contribution in [3.63, 3.8) is 0 Å². The summed E-state index contributed by atoms with van der Waals surface area (Å²) in [6, 6.07) is 9.28. The molecule has 106 valence electrons. The van der Waals surface area contributed by atoms with Crippen LogP contribution in [0.5, 0.6) is 0 Å². The van der Waals surface area contributed by atoms with Crippen molar-refractivity contribution in [3.8, 4) is 0 Å². The van der Waals surface area contributed by atoms with Crippen molar-refractivity contribution >= 4 is 29.2 Å². The third-order valence-corrected chi connectivity index (χ3v) is 6.29. The SMILES string of the molecule is CC(NCC1CSCCS1)c1ccc(N(C)C)cc1. The van der Waals surface area contributed by atoms with E-state index in [0.29, 0.717) is 6.04 Å². The highest BCUT2D eigenvalue weighted by Gasteiger charge is 2.15. The van der Waals surface area contributed by atoms with Crippen LogP contribution in [-0.4, -0.2) is 43.1 Å². The van der Waals surface area contributed by atoms with Gasteiger partial charge in [0.1, 0.15) is 0 Å². The summed E-state index contributed by atoms with van der Waals surface area (Å²) in [5, 5.41) is 4.45. The molecule has 1 saturated heterocycles. The zero-order valence-electron chi connectivity index (χ0n) is 12.1. The Hall–Kier alpha value is -0.320. The van der Waals surface area contributed by atoms with Crippen LogP contribution in [0, 0.1) is 0 Å². The van der Waals surface area contributed by atoms with Crippen molar-refractivity contribution in [2.45, 2.75) is 18.2 Å². The van der Waals surface area contributed by atoms with Crippen LogP contribution >= 0.6 is 23.5 Å². The van der Waals surface area contributed by atoms with Crippen LogP contribution in [0.4, 0.5) is 5.69 Å². The molecule has 0 amide bonds. The molecular formula is C15H24N2S2. The van der Waals surface area contributed by atoms with Crippen molar-refractivity contribution in [2.24, 2.45) is 0 Å². The van der Waals surface area contributed by atoms with Crippen LogP contribution < -0.4 is 10.2 Å². The minimum absolute atomic E-state index is 0.434. The minimum atomic E-state index is 0.434. The maximum Gasteiger partial charge on any atom is 0.0361 e. The van der Waals surface area contributed by atoms with E-state index in [1.807, 2.05) is 0 Å². The van der Waals surface area contributed by atoms with Gasteiger partial charge in [-0.1, -0.05) is 12.1 Å². The Labute approximate surface area is 125 Å². The summed E-state index contributed by atoms with van der Waals surface area (Å²) in [6.07, 6.45) is 0. The number of nitrogens with zero attached hydrogens (tertiary/aromatic N) is 1. The highest BCUT2D eigenvalue weighted by atomic mass is 32.2. The summed E-state index contributed by atoms with van der Waals surface area (Å²) in [6.45, 7) is 3.37. The molecule has 1 aromatic rings. The average Bonchev–Trinajstić information content (AvgIpc) is 2.46. The average molecular weight is 297 g/mol. The van der Waals surface area contributed by atoms with Crippen LogP contribution in [0.3, 0.4) is 0 Å². The molecule has 1 heterocycles. The third-order valence-electron chi connectivity index (χ3n) is 3.45. The summed E-state index contributed by atoms with van der Waals surface area (Å²) in [7, 11) is 4.16. The van der Waals surface area contributed by atoms with Crippen molar-refractivity contribution in [1.82, 2.24) is 5.32 Å². The van der Waals surface area contributed by atoms with Gasteiger partial charge in [0.2, 0.25) is 0 Å². The first-order chi connectivity index (χ1) is 9.16. The molecule has 0 aromatic heterocycles. The molecule has 1 aromatic carbocycles. The lowest BCUT2D eigenvalue weighted by Crippen LogP contribution is -2.30. The van der Waals surface area contributed by atoms with Gasteiger partial charge in [-0.15, -0.1) is 0 Å². The molecule has 2 nitrogen and oxygen atoms in total. The molecule has 1 aliphatic rings. The van der Waals surface area contributed by atoms with Gasteiger partial charge in [0, 0.05) is 54.9 Å². The van der Waals surface area contributed by atoms with Crippen LogP contribution in [0.25, 0.3) is 0 Å². The first kappa shape index (κ1) is 15.1. The fraction of sp³-hybridized carbons (Fsp3) is 0.600. The molecule has 1 aliphatic heterocycles. The van der Waals surface area contributed by atoms with E-state index >= 15 is 0 Å². The number of benzene rings is 1. The van der Waals surface area contributed by atoms with Gasteiger partial charge >= 0.3 is 0 Å². The number of hydrogen-bond acceptors (Lipinski definition) is 4. The quantitative estimate of drug-likeness (QED) is 0.897. The van der Waals surface area contributed by atoms with E-state index < -0.39 is 0 Å². The van der Waals surface area contributed by atoms with Gasteiger partial charge in [-0.3, -0.25) is 0 Å². The van der Waals surface area contributed by atoms with Crippen molar-refractivity contribution < 1.29 is 0 Å². The molecule has 1 N–H and O–H groups in total. The van der Waals surface area contributed by atoms with Gasteiger partial charge in [0.25, 0.3) is 0 Å². The second-order valence-electron chi connectivity index (χ2n) is 5.18. The fourth-order valence-electron chi connectivity index (χ4n) is 2.14. The van der Waals surface area contributed by atoms with Crippen LogP contribution in [0.2, 0.25) is 0 Å². The molecule has 0 bridgehead atoms. The second kappa shape index (κ2) is 7.46. The summed E-state index contributed by atoms with van der Waals surface area (Å²) in [5.41, 5.74) is 2.63. The molecule has 0 spiro atoms. The van der Waals surface area contributed by atoms with Crippen molar-refractivity contribution in [3.05, 3.63) is 29.8 Å². The predicted octanol–water partition coefficient (Wildman–Crippen LogP) is 3.25. The standard InChI is InChI=1S/C15H24N2S2/c1-12(16-10-15-11-18-8-9-19-15)13-4-6-14(7-5-13)17(2)3/h4-7,12,15-16H,8-11H2,1-3H3. The lowest BCUT2D eigenvalue weighted by atomic mass is 10.1. The molecule has 0 saturated carbocycles. The molecule has 0 aliphatic carbocycles. The van der Waals surface area contributed by atoms with E-state index in [0.717, 1.165) is 11.8 Å². The Bertz CT molecular complexity index is 372. The maximum absolute atomic E-state index is 3.67. The lowest BCUT2D eigenvalue weighted by Gasteiger charge is -2.24. The lowest BCUT2D eigenvalue weighted by molar-refractivity contribution is 0.577. The van der Waals surface area contributed by atoms with Crippen LogP contribution in [0.15, 0.2) is 24.3 Å². The minimum Gasteiger partial charge on any atom is -0.378 e. The van der Waals surface area contributed by atoms with Gasteiger partial charge in [-0.05, 0) is 24.6 Å². The molecule has 1 fully saturated rings. The number of anilines is 1. The van der Waals surface area contributed by atoms with E-state index in [1.54, 1.807) is 0 Å². The largest absolute Gasteiger partial charge is 0.378 e. The molecule has 0 radical (unpaired) electrons. The summed E-state index contributed by atoms with van der Waals surface area (Å²) >= 11 is 4.21. The summed E-state index contributed by atoms with van der Waals surface area (Å²) < 4.78 is 0. The highest BCUT2D eigenvalue weighted by Crippen LogP contribution is 2.24. The smallest absolute Gasteiger partial charge is 0.0361 e. The van der Waals surface area contributed by atoms with E-state index in [2.05, 4.69) is 79.0 Å². The topological polar surface area (TPSA) is 15.3 Å². The van der Waals surface area contributed by atoms with Crippen molar-refractivity contribution in [1.29, 1.82) is 0 Å². The van der Waals surface area contributed by atoms with Crippen LogP contribution in [-0.2, 0) is 0 Å². The Morgan fingerprint density at radius 2 is 2.00 bits per heavy atom. The Balaban J connectivity index is 1.83. The number of thioether (sulfide) groups is 2. The van der Waals surface area contributed by atoms with E-state index in [-0.39, 0.29) is 0 Å². The van der Waals surface area contributed by atoms with Gasteiger partial charge in [0.15, 0.2) is 0 Å². The van der Waals surface area contributed by atoms with Gasteiger partial charge < -0.3 is 10.2 Å². The van der Waals surface area contributed by atoms with Gasteiger partial charge in [-0.2, -0.15) is 23.5 Å². The molecular weight excluding hydrogens is 272 g/mol. The Morgan fingerprint density at radius 3 is 2.58 bits per heavy atom. The molecule has 2 atom stereocenters. The molecule has 2 unspecified atom stereocenters. The number of hydrogen-bond donors (Lipinski definition) is 1. The third kappa shape index (κ3) is 4.62. The van der Waals surface area contributed by atoms with Crippen LogP contribution in [0.1, 0.15) is 18.5 Å². The first-order valence-corrected chi connectivity index (χ1v) is 9.07. The van der Waals surface area contributed by atoms with E-state index in [1.165, 1.54) is 28.5 Å². The zero-order chi connectivity index (χ0) is 13.7. The normalized spacial score (nSPS) is 21.1. The summed E-state index contributed by atoms with van der Waals surface area (Å²) in [4.78, 5) is 2.14. The van der Waals surface area contributed by atoms with E-state index in [4.69, 9.17) is 0 Å². The Morgan fingerprint density at radius 1 is 1.26 bits per heavy atom. The number of nitrogens with one attached hydrogen (secondary N) is 1. The molecule has 2 rings (SSSR count). The fourth-order valence-corrected chi connectivity index (χ4v) is 4.77. The predicted molar refractivity (Wildman–Crippen MR) is 90.8 cm³/mol. The van der Waals surface area contributed by atoms with E-state index in [9.17, 15) is 0 Å². The second-order valence-corrected chi connectivity index (χ2v) is 7.74. The highest BCUT2D eigenvalue weighted by molar-refractivity contribution is 8.06. The van der Waals surface area contributed by atoms with Crippen molar-refractivity contribution in [2.75, 3.05) is 42.8 Å². The molecule has 4 heteroatoms. The van der Waals surface area contributed by atoms with Gasteiger partial charge in [0.05, 0.1) is 0 Å². The molecule has 19 heavy (non-hydrogen) atoms. The maximum atomic E-state index is 3.67. The monoisotopic (exact) mass is 296 g/mol. The van der Waals surface area contributed by atoms with Gasteiger partial charge in [-0.25, -0.2) is 0 Å². The number of rotatable bonds is 5. The Kier molecular flexibility index (Phi) is 5.92.